The molecule has 0 aromatic carbocycles. The first kappa shape index (κ1) is 12.4. The molecule has 13 heavy (non-hydrogen) atoms. The summed E-state index contributed by atoms with van der Waals surface area (Å²) in [5.41, 5.74) is -0.318. The fourth-order valence-electron chi connectivity index (χ4n) is 1.02. The van der Waals surface area contributed by atoms with Crippen LogP contribution in [0.5, 0.6) is 0 Å². The smallest absolute Gasteiger partial charge is 0.293 e. The average molecular weight is 187 g/mol. The lowest BCUT2D eigenvalue weighted by Crippen LogP contribution is -2.17. The standard InChI is InChI=1S/C5H11N.C5H10O2/c1-6-4-2-3-5-6;1-5(2,3)7-4-6/h2-5H2,1H3;4H,1-3H3. The van der Waals surface area contributed by atoms with Crippen molar-refractivity contribution in [3.8, 4) is 0 Å². The summed E-state index contributed by atoms with van der Waals surface area (Å²) in [5, 5.41) is 0. The van der Waals surface area contributed by atoms with Crippen LogP contribution in [0.3, 0.4) is 0 Å². The van der Waals surface area contributed by atoms with Gasteiger partial charge in [-0.3, -0.25) is 4.79 Å². The molecule has 1 rings (SSSR count). The molecule has 3 nitrogen and oxygen atoms in total. The van der Waals surface area contributed by atoms with E-state index in [9.17, 15) is 4.79 Å². The van der Waals surface area contributed by atoms with Gasteiger partial charge in [0, 0.05) is 0 Å². The van der Waals surface area contributed by atoms with Gasteiger partial charge >= 0.3 is 0 Å². The highest BCUT2D eigenvalue weighted by Crippen LogP contribution is 2.02. The second-order valence-corrected chi connectivity index (χ2v) is 4.34. The summed E-state index contributed by atoms with van der Waals surface area (Å²) in [6, 6.07) is 0. The zero-order chi connectivity index (χ0) is 10.3. The van der Waals surface area contributed by atoms with Crippen LogP contribution in [0.25, 0.3) is 0 Å². The summed E-state index contributed by atoms with van der Waals surface area (Å²) in [4.78, 5) is 12.0. The summed E-state index contributed by atoms with van der Waals surface area (Å²) in [6.07, 6.45) is 2.83. The lowest BCUT2D eigenvalue weighted by Gasteiger charge is -2.14. The largest absolute Gasteiger partial charge is 0.462 e. The van der Waals surface area contributed by atoms with Gasteiger partial charge in [0.2, 0.25) is 0 Å². The minimum absolute atomic E-state index is 0.318. The van der Waals surface area contributed by atoms with Crippen LogP contribution >= 0.6 is 0 Å². The lowest BCUT2D eigenvalue weighted by molar-refractivity contribution is -0.138. The van der Waals surface area contributed by atoms with Crippen LogP contribution in [0.2, 0.25) is 0 Å². The minimum atomic E-state index is -0.318. The van der Waals surface area contributed by atoms with Crippen LogP contribution in [0, 0.1) is 0 Å². The van der Waals surface area contributed by atoms with Gasteiger partial charge in [-0.1, -0.05) is 0 Å². The number of hydrogen-bond donors (Lipinski definition) is 0. The van der Waals surface area contributed by atoms with Gasteiger partial charge in [-0.15, -0.1) is 0 Å². The second-order valence-electron chi connectivity index (χ2n) is 4.34. The predicted octanol–water partition coefficient (Wildman–Crippen LogP) is 1.67. The van der Waals surface area contributed by atoms with Crippen molar-refractivity contribution in [2.75, 3.05) is 20.1 Å². The zero-order valence-corrected chi connectivity index (χ0v) is 9.17. The summed E-state index contributed by atoms with van der Waals surface area (Å²) in [5.74, 6) is 0. The summed E-state index contributed by atoms with van der Waals surface area (Å²) >= 11 is 0. The Morgan fingerprint density at radius 1 is 1.23 bits per heavy atom. The molecule has 78 valence electrons. The summed E-state index contributed by atoms with van der Waals surface area (Å²) in [7, 11) is 2.17. The Morgan fingerprint density at radius 3 is 1.77 bits per heavy atom. The van der Waals surface area contributed by atoms with E-state index in [0.29, 0.717) is 6.47 Å². The molecule has 0 radical (unpaired) electrons. The van der Waals surface area contributed by atoms with Crippen molar-refractivity contribution in [1.82, 2.24) is 4.90 Å². The van der Waals surface area contributed by atoms with E-state index in [0.717, 1.165) is 0 Å². The number of rotatable bonds is 1. The van der Waals surface area contributed by atoms with Gasteiger partial charge < -0.3 is 9.64 Å². The third-order valence-corrected chi connectivity index (χ3v) is 1.73. The summed E-state index contributed by atoms with van der Waals surface area (Å²) in [6.45, 7) is 8.56. The van der Waals surface area contributed by atoms with Gasteiger partial charge in [-0.2, -0.15) is 0 Å². The molecular formula is C10H21NO2. The van der Waals surface area contributed by atoms with E-state index in [4.69, 9.17) is 0 Å². The van der Waals surface area contributed by atoms with E-state index >= 15 is 0 Å². The molecule has 1 saturated heterocycles. The van der Waals surface area contributed by atoms with Crippen LogP contribution in [-0.4, -0.2) is 37.1 Å². The van der Waals surface area contributed by atoms with Crippen LogP contribution < -0.4 is 0 Å². The molecule has 0 spiro atoms. The predicted molar refractivity (Wildman–Crippen MR) is 53.6 cm³/mol. The van der Waals surface area contributed by atoms with Crippen molar-refractivity contribution < 1.29 is 9.53 Å². The maximum atomic E-state index is 9.60. The molecule has 0 N–H and O–H groups in total. The molecule has 0 bridgehead atoms. The molecule has 0 atom stereocenters. The topological polar surface area (TPSA) is 29.5 Å². The van der Waals surface area contributed by atoms with E-state index in [1.54, 1.807) is 0 Å². The fraction of sp³-hybridized carbons (Fsp3) is 0.900. The number of hydrogen-bond acceptors (Lipinski definition) is 3. The van der Waals surface area contributed by atoms with Crippen LogP contribution in [-0.2, 0) is 9.53 Å². The quantitative estimate of drug-likeness (QED) is 0.585. The van der Waals surface area contributed by atoms with Crippen molar-refractivity contribution in [2.24, 2.45) is 0 Å². The Bertz CT molecular complexity index is 134. The van der Waals surface area contributed by atoms with Gasteiger partial charge in [0.1, 0.15) is 5.60 Å². The Kier molecular flexibility index (Phi) is 5.71. The van der Waals surface area contributed by atoms with E-state index < -0.39 is 0 Å². The Balaban J connectivity index is 0.000000223. The Hall–Kier alpha value is -0.570. The Morgan fingerprint density at radius 2 is 1.69 bits per heavy atom. The SMILES string of the molecule is CC(C)(C)OC=O.CN1CCCC1. The highest BCUT2D eigenvalue weighted by molar-refractivity contribution is 5.37. The van der Waals surface area contributed by atoms with Crippen LogP contribution in [0.4, 0.5) is 0 Å². The van der Waals surface area contributed by atoms with Gasteiger partial charge in [0.15, 0.2) is 0 Å². The molecular weight excluding hydrogens is 166 g/mol. The molecule has 0 amide bonds. The molecule has 0 unspecified atom stereocenters. The maximum absolute atomic E-state index is 9.60. The highest BCUT2D eigenvalue weighted by Gasteiger charge is 2.07. The van der Waals surface area contributed by atoms with E-state index in [1.165, 1.54) is 25.9 Å². The van der Waals surface area contributed by atoms with Crippen molar-refractivity contribution >= 4 is 6.47 Å². The van der Waals surface area contributed by atoms with Gasteiger partial charge in [-0.05, 0) is 53.8 Å². The lowest BCUT2D eigenvalue weighted by atomic mass is 10.2. The monoisotopic (exact) mass is 187 g/mol. The first-order valence-electron chi connectivity index (χ1n) is 4.76. The van der Waals surface area contributed by atoms with Crippen molar-refractivity contribution in [1.29, 1.82) is 0 Å². The normalized spacial score (nSPS) is 17.5. The van der Waals surface area contributed by atoms with E-state index in [2.05, 4.69) is 16.7 Å². The van der Waals surface area contributed by atoms with Crippen molar-refractivity contribution in [3.63, 3.8) is 0 Å². The molecule has 0 saturated carbocycles. The van der Waals surface area contributed by atoms with E-state index in [1.807, 2.05) is 20.8 Å². The average Bonchev–Trinajstić information content (AvgIpc) is 2.38. The number of nitrogens with zero attached hydrogens (tertiary/aromatic N) is 1. The molecule has 3 heteroatoms. The molecule has 0 aromatic heterocycles. The van der Waals surface area contributed by atoms with E-state index in [-0.39, 0.29) is 5.60 Å². The van der Waals surface area contributed by atoms with Crippen molar-refractivity contribution in [2.45, 2.75) is 39.2 Å². The molecule has 0 aliphatic carbocycles. The van der Waals surface area contributed by atoms with Crippen molar-refractivity contribution in [3.05, 3.63) is 0 Å². The second kappa shape index (κ2) is 5.97. The van der Waals surface area contributed by atoms with Gasteiger partial charge in [0.25, 0.3) is 6.47 Å². The first-order chi connectivity index (χ1) is 5.95. The summed E-state index contributed by atoms with van der Waals surface area (Å²) < 4.78 is 4.55. The molecule has 0 aromatic rings. The number of likely N-dealkylation sites (tertiary alicyclic amines) is 1. The fourth-order valence-corrected chi connectivity index (χ4v) is 1.02. The van der Waals surface area contributed by atoms with Crippen LogP contribution in [0.15, 0.2) is 0 Å². The number of carbonyl (C=O) groups is 1. The first-order valence-corrected chi connectivity index (χ1v) is 4.76. The maximum Gasteiger partial charge on any atom is 0.293 e. The molecule has 1 aliphatic heterocycles. The third-order valence-electron chi connectivity index (χ3n) is 1.73. The molecule has 1 fully saturated rings. The van der Waals surface area contributed by atoms with Gasteiger partial charge in [0.05, 0.1) is 0 Å². The molecule has 1 aliphatic rings. The zero-order valence-electron chi connectivity index (χ0n) is 9.17. The Labute approximate surface area is 81.1 Å². The minimum Gasteiger partial charge on any atom is -0.462 e. The molecule has 1 heterocycles. The van der Waals surface area contributed by atoms with Crippen LogP contribution in [0.1, 0.15) is 33.6 Å². The van der Waals surface area contributed by atoms with Gasteiger partial charge in [-0.25, -0.2) is 0 Å². The number of ether oxygens (including phenoxy) is 1. The third kappa shape index (κ3) is 9.34. The highest BCUT2D eigenvalue weighted by atomic mass is 16.5. The number of carbonyl (C=O) groups excluding carboxylic acids is 1.